The highest BCUT2D eigenvalue weighted by molar-refractivity contribution is 6.06. The lowest BCUT2D eigenvalue weighted by atomic mass is 9.87. The molecule has 2 fully saturated rings. The molecule has 0 atom stereocenters. The molecule has 2 aromatic rings. The third-order valence-electron chi connectivity index (χ3n) is 4.61. The van der Waals surface area contributed by atoms with Gasteiger partial charge in [0.25, 0.3) is 5.91 Å². The first-order valence-electron chi connectivity index (χ1n) is 7.54. The summed E-state index contributed by atoms with van der Waals surface area (Å²) in [6, 6.07) is 3.46. The fourth-order valence-electron chi connectivity index (χ4n) is 3.26. The molecule has 0 unspecified atom stereocenters. The van der Waals surface area contributed by atoms with Gasteiger partial charge in [0.1, 0.15) is 11.4 Å². The van der Waals surface area contributed by atoms with Crippen LogP contribution in [0.1, 0.15) is 18.7 Å². The molecule has 2 aliphatic heterocycles. The summed E-state index contributed by atoms with van der Waals surface area (Å²) in [4.78, 5) is 31.5. The Bertz CT molecular complexity index is 807. The van der Waals surface area contributed by atoms with Crippen molar-refractivity contribution in [3.8, 4) is 0 Å². The topological polar surface area (TPSA) is 95.7 Å². The van der Waals surface area contributed by atoms with Crippen LogP contribution in [0.5, 0.6) is 0 Å². The minimum atomic E-state index is -0.754. The van der Waals surface area contributed by atoms with Crippen molar-refractivity contribution in [2.45, 2.75) is 25.3 Å². The van der Waals surface area contributed by atoms with E-state index in [9.17, 15) is 9.59 Å². The maximum atomic E-state index is 12.3. The summed E-state index contributed by atoms with van der Waals surface area (Å²) in [5.41, 5.74) is -0.0457. The minimum absolute atomic E-state index is 0.141. The summed E-state index contributed by atoms with van der Waals surface area (Å²) in [5, 5.41) is 11.5. The Balaban J connectivity index is 1.54. The molecule has 0 saturated carbocycles. The maximum Gasteiger partial charge on any atom is 0.324 e. The quantitative estimate of drug-likeness (QED) is 0.742. The molecule has 3 amide bonds. The Kier molecular flexibility index (Phi) is 2.81. The predicted octanol–water partition coefficient (Wildman–Crippen LogP) is -0.0467. The van der Waals surface area contributed by atoms with Crippen molar-refractivity contribution >= 4 is 23.4 Å². The highest BCUT2D eigenvalue weighted by atomic mass is 16.2. The summed E-state index contributed by atoms with van der Waals surface area (Å²) in [5.74, 6) is 1.33. The van der Waals surface area contributed by atoms with Crippen LogP contribution in [0, 0.1) is 6.92 Å². The Morgan fingerprint density at radius 1 is 1.17 bits per heavy atom. The number of nitrogens with zero attached hydrogens (tertiary/aromatic N) is 6. The number of carbonyl (C=O) groups excluding carboxylic acids is 2. The fraction of sp³-hybridized carbons (Fsp3) is 0.500. The standard InChI is InChI=1S/C14H17N7O2/c1-9-15-10-3-4-11(18-21(10)17-9)20-7-5-14(6-8-20)12(22)19(2)13(23)16-14/h3-4H,5-8H2,1-2H3,(H,16,23). The first-order valence-corrected chi connectivity index (χ1v) is 7.54. The second kappa shape index (κ2) is 4.64. The minimum Gasteiger partial charge on any atom is -0.355 e. The Hall–Kier alpha value is -2.71. The van der Waals surface area contributed by atoms with Crippen molar-refractivity contribution in [1.82, 2.24) is 30.0 Å². The number of urea groups is 1. The van der Waals surface area contributed by atoms with Crippen LogP contribution in [0.25, 0.3) is 5.65 Å². The molecule has 0 aliphatic carbocycles. The largest absolute Gasteiger partial charge is 0.355 e. The average Bonchev–Trinajstić information content (AvgIpc) is 3.01. The van der Waals surface area contributed by atoms with Crippen LogP contribution >= 0.6 is 0 Å². The van der Waals surface area contributed by atoms with Gasteiger partial charge in [0.15, 0.2) is 11.5 Å². The zero-order chi connectivity index (χ0) is 16.2. The van der Waals surface area contributed by atoms with Gasteiger partial charge in [0.2, 0.25) is 0 Å². The molecule has 2 saturated heterocycles. The lowest BCUT2D eigenvalue weighted by Crippen LogP contribution is -2.55. The number of carbonyl (C=O) groups is 2. The molecule has 1 spiro atoms. The van der Waals surface area contributed by atoms with Gasteiger partial charge >= 0.3 is 6.03 Å². The molecule has 1 N–H and O–H groups in total. The van der Waals surface area contributed by atoms with Crippen LogP contribution in [0.15, 0.2) is 12.1 Å². The molecule has 0 bridgehead atoms. The summed E-state index contributed by atoms with van der Waals surface area (Å²) in [6.45, 7) is 3.11. The van der Waals surface area contributed by atoms with E-state index in [-0.39, 0.29) is 11.9 Å². The number of rotatable bonds is 1. The van der Waals surface area contributed by atoms with Crippen LogP contribution in [0.3, 0.4) is 0 Å². The first-order chi connectivity index (χ1) is 11.0. The van der Waals surface area contributed by atoms with Crippen molar-refractivity contribution in [3.05, 3.63) is 18.0 Å². The maximum absolute atomic E-state index is 12.3. The van der Waals surface area contributed by atoms with Crippen molar-refractivity contribution in [2.24, 2.45) is 0 Å². The molecule has 2 aromatic heterocycles. The van der Waals surface area contributed by atoms with Crippen LogP contribution in [-0.2, 0) is 4.79 Å². The molecule has 4 heterocycles. The van der Waals surface area contributed by atoms with E-state index in [1.807, 2.05) is 19.1 Å². The van der Waals surface area contributed by atoms with E-state index in [1.165, 1.54) is 11.7 Å². The zero-order valence-corrected chi connectivity index (χ0v) is 13.0. The predicted molar refractivity (Wildman–Crippen MR) is 81.0 cm³/mol. The van der Waals surface area contributed by atoms with Gasteiger partial charge in [-0.05, 0) is 31.9 Å². The van der Waals surface area contributed by atoms with Gasteiger partial charge < -0.3 is 10.2 Å². The summed E-state index contributed by atoms with van der Waals surface area (Å²) >= 11 is 0. The number of hydrogen-bond acceptors (Lipinski definition) is 6. The Labute approximate surface area is 132 Å². The normalized spacial score (nSPS) is 20.6. The number of fused-ring (bicyclic) bond motifs is 1. The number of likely N-dealkylation sites (N-methyl/N-ethyl adjacent to an activating group) is 1. The lowest BCUT2D eigenvalue weighted by Gasteiger charge is -2.37. The van der Waals surface area contributed by atoms with E-state index in [0.29, 0.717) is 37.4 Å². The van der Waals surface area contributed by atoms with Crippen LogP contribution in [0.4, 0.5) is 10.6 Å². The van der Waals surface area contributed by atoms with Crippen molar-refractivity contribution < 1.29 is 9.59 Å². The second-order valence-corrected chi connectivity index (χ2v) is 6.06. The molecule has 0 aromatic carbocycles. The summed E-state index contributed by atoms with van der Waals surface area (Å²) in [6.07, 6.45) is 1.13. The zero-order valence-electron chi connectivity index (χ0n) is 13.0. The Morgan fingerprint density at radius 3 is 2.57 bits per heavy atom. The smallest absolute Gasteiger partial charge is 0.324 e. The Morgan fingerprint density at radius 2 is 1.91 bits per heavy atom. The van der Waals surface area contributed by atoms with Gasteiger partial charge in [-0.3, -0.25) is 9.69 Å². The highest BCUT2D eigenvalue weighted by Gasteiger charge is 2.51. The van der Waals surface area contributed by atoms with E-state index in [4.69, 9.17) is 0 Å². The van der Waals surface area contributed by atoms with Crippen molar-refractivity contribution in [2.75, 3.05) is 25.0 Å². The number of aromatic nitrogens is 4. The third-order valence-corrected chi connectivity index (χ3v) is 4.61. The number of imide groups is 1. The second-order valence-electron chi connectivity index (χ2n) is 6.06. The third kappa shape index (κ3) is 2.03. The van der Waals surface area contributed by atoms with Gasteiger partial charge in [-0.15, -0.1) is 14.8 Å². The van der Waals surface area contributed by atoms with Crippen molar-refractivity contribution in [1.29, 1.82) is 0 Å². The van der Waals surface area contributed by atoms with E-state index >= 15 is 0 Å². The van der Waals surface area contributed by atoms with Gasteiger partial charge in [0, 0.05) is 20.1 Å². The number of piperidine rings is 1. The number of anilines is 1. The van der Waals surface area contributed by atoms with Crippen LogP contribution < -0.4 is 10.2 Å². The summed E-state index contributed by atoms with van der Waals surface area (Å²) in [7, 11) is 1.52. The van der Waals surface area contributed by atoms with Gasteiger partial charge in [-0.2, -0.15) is 0 Å². The number of aryl methyl sites for hydroxylation is 1. The number of nitrogens with one attached hydrogen (secondary N) is 1. The molecule has 2 aliphatic rings. The fourth-order valence-corrected chi connectivity index (χ4v) is 3.26. The highest BCUT2D eigenvalue weighted by Crippen LogP contribution is 2.30. The van der Waals surface area contributed by atoms with Crippen LogP contribution in [0.2, 0.25) is 0 Å². The summed E-state index contributed by atoms with van der Waals surface area (Å²) < 4.78 is 1.52. The molecule has 9 heteroatoms. The van der Waals surface area contributed by atoms with Gasteiger partial charge in [-0.1, -0.05) is 0 Å². The molecular weight excluding hydrogens is 298 g/mol. The lowest BCUT2D eigenvalue weighted by molar-refractivity contribution is -0.131. The van der Waals surface area contributed by atoms with E-state index in [1.54, 1.807) is 0 Å². The van der Waals surface area contributed by atoms with E-state index in [0.717, 1.165) is 10.7 Å². The van der Waals surface area contributed by atoms with E-state index in [2.05, 4.69) is 25.4 Å². The molecule has 23 heavy (non-hydrogen) atoms. The van der Waals surface area contributed by atoms with Crippen LogP contribution in [-0.4, -0.2) is 62.3 Å². The monoisotopic (exact) mass is 315 g/mol. The number of hydrogen-bond donors (Lipinski definition) is 1. The SMILES string of the molecule is Cc1nc2ccc(N3CCC4(CC3)NC(=O)N(C)C4=O)nn2n1. The molecule has 120 valence electrons. The van der Waals surface area contributed by atoms with Gasteiger partial charge in [0.05, 0.1) is 0 Å². The van der Waals surface area contributed by atoms with E-state index < -0.39 is 5.54 Å². The average molecular weight is 315 g/mol. The first kappa shape index (κ1) is 13.9. The number of amides is 3. The van der Waals surface area contributed by atoms with Gasteiger partial charge in [-0.25, -0.2) is 9.78 Å². The molecular formula is C14H17N7O2. The molecule has 4 rings (SSSR count). The molecule has 0 radical (unpaired) electrons. The molecule has 9 nitrogen and oxygen atoms in total. The van der Waals surface area contributed by atoms with Crippen molar-refractivity contribution in [3.63, 3.8) is 0 Å².